The first kappa shape index (κ1) is 16.1. The molecule has 0 heterocycles. The summed E-state index contributed by atoms with van der Waals surface area (Å²) >= 11 is 1.93. The minimum Gasteiger partial charge on any atom is -0.422 e. The summed E-state index contributed by atoms with van der Waals surface area (Å²) in [5, 5.41) is 6.34. The van der Waals surface area contributed by atoms with Gasteiger partial charge in [0, 0.05) is 3.57 Å². The summed E-state index contributed by atoms with van der Waals surface area (Å²) in [7, 11) is -10.2. The van der Waals surface area contributed by atoms with Crippen LogP contribution in [0.15, 0.2) is 24.3 Å². The van der Waals surface area contributed by atoms with Crippen LogP contribution in [0.4, 0.5) is 0 Å². The van der Waals surface area contributed by atoms with Gasteiger partial charge in [-0.25, -0.2) is 4.57 Å². The molecule has 2 atom stereocenters. The highest BCUT2D eigenvalue weighted by atomic mass is 127. The van der Waals surface area contributed by atoms with Gasteiger partial charge in [0.05, 0.1) is 0 Å². The Morgan fingerprint density at radius 1 is 1.28 bits per heavy atom. The average Bonchev–Trinajstić information content (AvgIpc) is 2.14. The minimum atomic E-state index is -5.22. The fourth-order valence-corrected chi connectivity index (χ4v) is 3.44. The smallest absolute Gasteiger partial charge is 0.420 e. The summed E-state index contributed by atoms with van der Waals surface area (Å²) in [5.41, 5.74) is 0. The molecule has 2 unspecified atom stereocenters. The lowest BCUT2D eigenvalue weighted by Crippen LogP contribution is -2.26. The third-order valence-corrected chi connectivity index (χ3v) is 6.96. The first-order chi connectivity index (χ1) is 7.97. The molecule has 10 heteroatoms. The summed E-state index contributed by atoms with van der Waals surface area (Å²) in [6.45, 7) is 0.558. The van der Waals surface area contributed by atoms with Gasteiger partial charge >= 0.3 is 15.2 Å². The van der Waals surface area contributed by atoms with Crippen LogP contribution in [-0.2, 0) is 9.13 Å². The summed E-state index contributed by atoms with van der Waals surface area (Å²) in [4.78, 5) is 27.2. The van der Waals surface area contributed by atoms with Crippen molar-refractivity contribution in [2.75, 3.05) is 0 Å². The molecular weight excluding hydrogens is 397 g/mol. The van der Waals surface area contributed by atoms with Crippen LogP contribution < -0.4 is 4.52 Å². The van der Waals surface area contributed by atoms with E-state index in [0.717, 1.165) is 0 Å². The Kier molecular flexibility index (Phi) is 4.66. The molecule has 0 aromatic heterocycles. The van der Waals surface area contributed by atoms with E-state index < -0.39 is 20.3 Å². The highest BCUT2D eigenvalue weighted by Gasteiger charge is 2.58. The second kappa shape index (κ2) is 5.20. The second-order valence-electron chi connectivity index (χ2n) is 3.58. The zero-order chi connectivity index (χ0) is 14.2. The molecule has 0 spiro atoms. The predicted molar refractivity (Wildman–Crippen MR) is 72.3 cm³/mol. The SMILES string of the molecule is CC(O)(P(=O)(O)O)P(=O)(O)Oc1cccc(I)c1. The average molecular weight is 408 g/mol. The Balaban J connectivity index is 3.10. The van der Waals surface area contributed by atoms with Crippen LogP contribution in [0.25, 0.3) is 0 Å². The van der Waals surface area contributed by atoms with Gasteiger partial charge in [-0.3, -0.25) is 4.57 Å². The van der Waals surface area contributed by atoms with Gasteiger partial charge in [-0.05, 0) is 47.7 Å². The summed E-state index contributed by atoms with van der Waals surface area (Å²) in [6, 6.07) is 5.94. The van der Waals surface area contributed by atoms with Gasteiger partial charge in [-0.2, -0.15) is 0 Å². The maximum Gasteiger partial charge on any atom is 0.420 e. The van der Waals surface area contributed by atoms with E-state index in [9.17, 15) is 19.1 Å². The van der Waals surface area contributed by atoms with Gasteiger partial charge in [0.2, 0.25) is 0 Å². The molecule has 0 bridgehead atoms. The first-order valence-corrected chi connectivity index (χ1v) is 8.80. The first-order valence-electron chi connectivity index (χ1n) is 4.53. The second-order valence-corrected chi connectivity index (χ2v) is 9.24. The van der Waals surface area contributed by atoms with Crippen LogP contribution >= 0.6 is 37.8 Å². The summed E-state index contributed by atoms with van der Waals surface area (Å²) in [6.07, 6.45) is 0. The molecule has 1 aromatic rings. The predicted octanol–water partition coefficient (Wildman–Crippen LogP) is 1.70. The number of benzene rings is 1. The number of hydrogen-bond donors (Lipinski definition) is 4. The van der Waals surface area contributed by atoms with Gasteiger partial charge in [0.1, 0.15) is 5.75 Å². The molecule has 0 radical (unpaired) electrons. The zero-order valence-electron chi connectivity index (χ0n) is 9.10. The van der Waals surface area contributed by atoms with Crippen molar-refractivity contribution in [1.82, 2.24) is 0 Å². The topological polar surface area (TPSA) is 124 Å². The molecule has 102 valence electrons. The van der Waals surface area contributed by atoms with Gasteiger partial charge in [0.25, 0.3) is 5.08 Å². The van der Waals surface area contributed by atoms with Crippen molar-refractivity contribution in [1.29, 1.82) is 0 Å². The Hall–Kier alpha value is 0.0500. The van der Waals surface area contributed by atoms with E-state index in [1.807, 2.05) is 22.6 Å². The third kappa shape index (κ3) is 3.33. The summed E-state index contributed by atoms with van der Waals surface area (Å²) in [5.74, 6) is -0.0681. The molecule has 0 aliphatic carbocycles. The number of rotatable bonds is 4. The normalized spacial score (nSPS) is 18.8. The lowest BCUT2D eigenvalue weighted by Gasteiger charge is -2.28. The van der Waals surface area contributed by atoms with Crippen molar-refractivity contribution < 1.29 is 33.4 Å². The van der Waals surface area contributed by atoms with Crippen LogP contribution in [-0.4, -0.2) is 24.9 Å². The van der Waals surface area contributed by atoms with Crippen LogP contribution in [0, 0.1) is 3.57 Å². The van der Waals surface area contributed by atoms with E-state index in [4.69, 9.17) is 9.79 Å². The van der Waals surface area contributed by atoms with Gasteiger partial charge in [-0.15, -0.1) is 0 Å². The van der Waals surface area contributed by atoms with E-state index in [1.54, 1.807) is 6.07 Å². The van der Waals surface area contributed by atoms with E-state index in [0.29, 0.717) is 10.5 Å². The lowest BCUT2D eigenvalue weighted by molar-refractivity contribution is 0.148. The maximum absolute atomic E-state index is 11.8. The molecule has 18 heavy (non-hydrogen) atoms. The highest BCUT2D eigenvalue weighted by Crippen LogP contribution is 2.69. The largest absolute Gasteiger partial charge is 0.422 e. The number of aliphatic hydroxyl groups is 1. The van der Waals surface area contributed by atoms with Gasteiger partial charge in [0.15, 0.2) is 0 Å². The van der Waals surface area contributed by atoms with Crippen LogP contribution in [0.3, 0.4) is 0 Å². The zero-order valence-corrected chi connectivity index (χ0v) is 13.0. The molecule has 0 saturated heterocycles. The quantitative estimate of drug-likeness (QED) is 0.442. The Bertz CT molecular complexity index is 538. The van der Waals surface area contributed by atoms with Crippen LogP contribution in [0.2, 0.25) is 0 Å². The molecule has 0 amide bonds. The Morgan fingerprint density at radius 3 is 2.28 bits per heavy atom. The minimum absolute atomic E-state index is 0.0681. The van der Waals surface area contributed by atoms with Crippen molar-refractivity contribution in [2.24, 2.45) is 0 Å². The van der Waals surface area contributed by atoms with Crippen molar-refractivity contribution in [3.8, 4) is 5.75 Å². The Morgan fingerprint density at radius 2 is 1.83 bits per heavy atom. The van der Waals surface area contributed by atoms with Crippen molar-refractivity contribution in [2.45, 2.75) is 12.0 Å². The van der Waals surface area contributed by atoms with E-state index in [2.05, 4.69) is 4.52 Å². The fourth-order valence-electron chi connectivity index (χ4n) is 0.918. The molecule has 7 nitrogen and oxygen atoms in total. The number of hydrogen-bond acceptors (Lipinski definition) is 4. The Labute approximate surface area is 117 Å². The van der Waals surface area contributed by atoms with Crippen molar-refractivity contribution >= 4 is 37.8 Å². The third-order valence-electron chi connectivity index (χ3n) is 2.11. The number of halogens is 1. The van der Waals surface area contributed by atoms with E-state index in [1.165, 1.54) is 18.2 Å². The molecule has 0 saturated carbocycles. The van der Waals surface area contributed by atoms with Gasteiger partial charge in [-0.1, -0.05) is 6.07 Å². The molecule has 4 N–H and O–H groups in total. The maximum atomic E-state index is 11.8. The highest BCUT2D eigenvalue weighted by molar-refractivity contribution is 14.1. The van der Waals surface area contributed by atoms with Crippen molar-refractivity contribution in [3.63, 3.8) is 0 Å². The molecule has 0 aliphatic rings. The van der Waals surface area contributed by atoms with Crippen molar-refractivity contribution in [3.05, 3.63) is 27.8 Å². The van der Waals surface area contributed by atoms with Gasteiger partial charge < -0.3 is 24.3 Å². The lowest BCUT2D eigenvalue weighted by atomic mass is 10.3. The molecule has 1 rings (SSSR count). The molecular formula is C8H11IO7P2. The van der Waals surface area contributed by atoms with E-state index >= 15 is 0 Å². The standard InChI is InChI=1S/C8H11IO7P2/c1-8(10,17(11,12)13)18(14,15)16-7-4-2-3-6(9)5-7/h2-5,10H,1H3,(H,14,15)(H2,11,12,13). The fraction of sp³-hybridized carbons (Fsp3) is 0.250. The molecule has 1 aromatic carbocycles. The van der Waals surface area contributed by atoms with E-state index in [-0.39, 0.29) is 5.75 Å². The molecule has 0 aliphatic heterocycles. The monoisotopic (exact) mass is 408 g/mol. The molecule has 0 fully saturated rings. The van der Waals surface area contributed by atoms with Crippen LogP contribution in [0.1, 0.15) is 6.92 Å². The summed E-state index contributed by atoms with van der Waals surface area (Å²) < 4.78 is 28.1. The van der Waals surface area contributed by atoms with Crippen LogP contribution in [0.5, 0.6) is 5.75 Å².